The maximum atomic E-state index is 5.80. The van der Waals surface area contributed by atoms with Crippen molar-refractivity contribution >= 4 is 11.6 Å². The lowest BCUT2D eigenvalue weighted by Gasteiger charge is -2.06. The molecule has 3 N–H and O–H groups in total. The van der Waals surface area contributed by atoms with Crippen LogP contribution < -0.4 is 11.1 Å². The van der Waals surface area contributed by atoms with Crippen LogP contribution in [-0.4, -0.2) is 21.8 Å². The Labute approximate surface area is 89.4 Å². The quantitative estimate of drug-likeness (QED) is 0.563. The molecule has 0 unspecified atom stereocenters. The molecule has 5 nitrogen and oxygen atoms in total. The Bertz CT molecular complexity index is 348. The maximum absolute atomic E-state index is 5.80. The summed E-state index contributed by atoms with van der Waals surface area (Å²) in [5.41, 5.74) is 6.68. The van der Waals surface area contributed by atoms with Gasteiger partial charge in [-0.1, -0.05) is 12.8 Å². The molecule has 82 valence electrons. The Kier molecular flexibility index (Phi) is 2.89. The molecule has 1 aromatic rings. The van der Waals surface area contributed by atoms with Gasteiger partial charge < -0.3 is 11.1 Å². The molecule has 1 heterocycles. The molecule has 15 heavy (non-hydrogen) atoms. The van der Waals surface area contributed by atoms with Crippen molar-refractivity contribution in [1.82, 2.24) is 9.78 Å². The first-order chi connectivity index (χ1) is 7.24. The molecule has 0 spiro atoms. The minimum Gasteiger partial charge on any atom is -0.370 e. The summed E-state index contributed by atoms with van der Waals surface area (Å²) < 4.78 is 1.73. The van der Waals surface area contributed by atoms with E-state index >= 15 is 0 Å². The summed E-state index contributed by atoms with van der Waals surface area (Å²) in [6, 6.07) is 0.411. The largest absolute Gasteiger partial charge is 0.370 e. The van der Waals surface area contributed by atoms with Gasteiger partial charge in [-0.15, -0.1) is 0 Å². The van der Waals surface area contributed by atoms with Crippen LogP contribution in [0, 0.1) is 0 Å². The van der Waals surface area contributed by atoms with Gasteiger partial charge in [0.1, 0.15) is 0 Å². The van der Waals surface area contributed by atoms with Gasteiger partial charge in [-0.25, -0.2) is 4.99 Å². The zero-order valence-electron chi connectivity index (χ0n) is 8.98. The molecule has 1 saturated carbocycles. The average molecular weight is 207 g/mol. The zero-order valence-corrected chi connectivity index (χ0v) is 8.98. The van der Waals surface area contributed by atoms with Crippen molar-refractivity contribution in [2.45, 2.75) is 31.7 Å². The van der Waals surface area contributed by atoms with Crippen LogP contribution in [0.3, 0.4) is 0 Å². The SMILES string of the molecule is Cn1cc(NC(N)=NC2CCCC2)cn1. The van der Waals surface area contributed by atoms with E-state index in [1.54, 1.807) is 10.9 Å². The number of aryl methyl sites for hydroxylation is 1. The second-order valence-corrected chi connectivity index (χ2v) is 3.98. The molecular formula is C10H17N5. The predicted molar refractivity (Wildman–Crippen MR) is 60.7 cm³/mol. The molecule has 1 aromatic heterocycles. The third kappa shape index (κ3) is 2.71. The van der Waals surface area contributed by atoms with E-state index in [-0.39, 0.29) is 0 Å². The standard InChI is InChI=1S/C10H17N5/c1-15-7-9(6-12-15)14-10(11)13-8-4-2-3-5-8/h6-8H,2-5H2,1H3,(H3,11,13,14). The van der Waals surface area contributed by atoms with Gasteiger partial charge in [0.2, 0.25) is 0 Å². The molecule has 1 aliphatic rings. The van der Waals surface area contributed by atoms with E-state index in [1.165, 1.54) is 12.8 Å². The lowest BCUT2D eigenvalue weighted by Crippen LogP contribution is -2.24. The van der Waals surface area contributed by atoms with Crippen LogP contribution in [0.2, 0.25) is 0 Å². The second-order valence-electron chi connectivity index (χ2n) is 3.98. The molecule has 0 aromatic carbocycles. The van der Waals surface area contributed by atoms with E-state index in [9.17, 15) is 0 Å². The van der Waals surface area contributed by atoms with Gasteiger partial charge >= 0.3 is 0 Å². The molecule has 0 aliphatic heterocycles. The van der Waals surface area contributed by atoms with Gasteiger partial charge in [-0.05, 0) is 12.8 Å². The van der Waals surface area contributed by atoms with Crippen LogP contribution in [0.4, 0.5) is 5.69 Å². The lowest BCUT2D eigenvalue weighted by molar-refractivity contribution is 0.705. The van der Waals surface area contributed by atoms with E-state index in [2.05, 4.69) is 15.4 Å². The predicted octanol–water partition coefficient (Wildman–Crippen LogP) is 1.09. The van der Waals surface area contributed by atoms with Crippen molar-refractivity contribution < 1.29 is 0 Å². The van der Waals surface area contributed by atoms with Crippen molar-refractivity contribution in [1.29, 1.82) is 0 Å². The number of nitrogens with one attached hydrogen (secondary N) is 1. The van der Waals surface area contributed by atoms with E-state index in [1.807, 2.05) is 13.2 Å². The third-order valence-electron chi connectivity index (χ3n) is 2.62. The number of hydrogen-bond acceptors (Lipinski definition) is 2. The third-order valence-corrected chi connectivity index (χ3v) is 2.62. The highest BCUT2D eigenvalue weighted by Gasteiger charge is 2.13. The van der Waals surface area contributed by atoms with Crippen molar-refractivity contribution in [3.05, 3.63) is 12.4 Å². The summed E-state index contributed by atoms with van der Waals surface area (Å²) in [4.78, 5) is 4.43. The Hall–Kier alpha value is -1.52. The second kappa shape index (κ2) is 4.33. The number of nitrogens with zero attached hydrogens (tertiary/aromatic N) is 3. The number of nitrogens with two attached hydrogens (primary N) is 1. The lowest BCUT2D eigenvalue weighted by atomic mass is 10.3. The van der Waals surface area contributed by atoms with E-state index in [4.69, 9.17) is 5.73 Å². The Morgan fingerprint density at radius 3 is 2.93 bits per heavy atom. The van der Waals surface area contributed by atoms with Crippen molar-refractivity contribution in [2.24, 2.45) is 17.8 Å². The van der Waals surface area contributed by atoms with Gasteiger partial charge in [0.15, 0.2) is 5.96 Å². The monoisotopic (exact) mass is 207 g/mol. The first kappa shape index (κ1) is 10.0. The molecule has 0 atom stereocenters. The first-order valence-electron chi connectivity index (χ1n) is 5.33. The minimum atomic E-state index is 0.411. The van der Waals surface area contributed by atoms with Crippen LogP contribution >= 0.6 is 0 Å². The van der Waals surface area contributed by atoms with Crippen LogP contribution in [0.25, 0.3) is 0 Å². The Balaban J connectivity index is 1.93. The summed E-state index contributed by atoms with van der Waals surface area (Å²) in [6.45, 7) is 0. The van der Waals surface area contributed by atoms with Crippen LogP contribution in [-0.2, 0) is 7.05 Å². The topological polar surface area (TPSA) is 68.2 Å². The van der Waals surface area contributed by atoms with Gasteiger partial charge in [-0.2, -0.15) is 5.10 Å². The number of rotatable bonds is 2. The van der Waals surface area contributed by atoms with E-state index < -0.39 is 0 Å². The molecule has 1 aliphatic carbocycles. The number of guanidine groups is 1. The van der Waals surface area contributed by atoms with E-state index in [0.29, 0.717) is 12.0 Å². The maximum Gasteiger partial charge on any atom is 0.193 e. The average Bonchev–Trinajstić information content (AvgIpc) is 2.77. The Morgan fingerprint density at radius 2 is 2.33 bits per heavy atom. The van der Waals surface area contributed by atoms with Gasteiger partial charge in [-0.3, -0.25) is 4.68 Å². The molecule has 1 fully saturated rings. The summed E-state index contributed by atoms with van der Waals surface area (Å²) in [7, 11) is 1.87. The zero-order chi connectivity index (χ0) is 10.7. The molecule has 0 saturated heterocycles. The summed E-state index contributed by atoms with van der Waals surface area (Å²) in [5, 5.41) is 7.08. The molecule has 0 bridgehead atoms. The summed E-state index contributed by atoms with van der Waals surface area (Å²) >= 11 is 0. The fourth-order valence-corrected chi connectivity index (χ4v) is 1.90. The fourth-order valence-electron chi connectivity index (χ4n) is 1.90. The minimum absolute atomic E-state index is 0.411. The number of aromatic nitrogens is 2. The highest BCUT2D eigenvalue weighted by molar-refractivity contribution is 5.92. The van der Waals surface area contributed by atoms with E-state index in [0.717, 1.165) is 18.5 Å². The molecular weight excluding hydrogens is 190 g/mol. The smallest absolute Gasteiger partial charge is 0.193 e. The first-order valence-corrected chi connectivity index (χ1v) is 5.33. The van der Waals surface area contributed by atoms with Crippen LogP contribution in [0.15, 0.2) is 17.4 Å². The molecule has 0 amide bonds. The van der Waals surface area contributed by atoms with Crippen molar-refractivity contribution in [3.63, 3.8) is 0 Å². The van der Waals surface area contributed by atoms with Gasteiger partial charge in [0, 0.05) is 13.2 Å². The number of anilines is 1. The summed E-state index contributed by atoms with van der Waals surface area (Å²) in [6.07, 6.45) is 8.47. The van der Waals surface area contributed by atoms with Crippen molar-refractivity contribution in [3.8, 4) is 0 Å². The molecule has 2 rings (SSSR count). The Morgan fingerprint density at radius 1 is 1.60 bits per heavy atom. The fraction of sp³-hybridized carbons (Fsp3) is 0.600. The van der Waals surface area contributed by atoms with Crippen molar-refractivity contribution in [2.75, 3.05) is 5.32 Å². The van der Waals surface area contributed by atoms with Crippen LogP contribution in [0.1, 0.15) is 25.7 Å². The molecule has 5 heteroatoms. The van der Waals surface area contributed by atoms with Gasteiger partial charge in [0.05, 0.1) is 17.9 Å². The summed E-state index contributed by atoms with van der Waals surface area (Å²) in [5.74, 6) is 0.495. The highest BCUT2D eigenvalue weighted by Crippen LogP contribution is 2.20. The number of aliphatic imine (C=N–C) groups is 1. The normalized spacial score (nSPS) is 18.3. The molecule has 0 radical (unpaired) electrons. The van der Waals surface area contributed by atoms with Crippen LogP contribution in [0.5, 0.6) is 0 Å². The van der Waals surface area contributed by atoms with Gasteiger partial charge in [0.25, 0.3) is 0 Å². The highest BCUT2D eigenvalue weighted by atomic mass is 15.3. The number of hydrogen-bond donors (Lipinski definition) is 2.